The average molecular weight is 336 g/mol. The standard InChI is InChI=1S/C20H24N4O/c1-3-15(16-7-5-11-22-12-16)10-9-14(2)24-13-17-6-4-8-18(20(21)25)19(17)23-24/h3-4,6,8-10,13,16,22H,1,5,7,11-12H2,2H3,(H2,21,25)/b14-9+,15-10+. The number of nitrogens with two attached hydrogens (primary N) is 1. The van der Waals surface area contributed by atoms with Crippen LogP contribution in [0.1, 0.15) is 30.1 Å². The molecule has 2 aromatic rings. The zero-order valence-corrected chi connectivity index (χ0v) is 14.5. The molecule has 130 valence electrons. The molecule has 1 atom stereocenters. The molecule has 1 aliphatic rings. The molecule has 0 spiro atoms. The van der Waals surface area contributed by atoms with E-state index in [1.54, 1.807) is 10.7 Å². The molecule has 5 nitrogen and oxygen atoms in total. The zero-order valence-electron chi connectivity index (χ0n) is 14.5. The molecule has 3 N–H and O–H groups in total. The molecule has 1 aromatic carbocycles. The van der Waals surface area contributed by atoms with Crippen molar-refractivity contribution in [3.05, 3.63) is 60.3 Å². The molecule has 1 aliphatic heterocycles. The molecule has 3 rings (SSSR count). The van der Waals surface area contributed by atoms with Crippen LogP contribution in [0.25, 0.3) is 16.6 Å². The molecule has 1 unspecified atom stereocenters. The predicted molar refractivity (Wildman–Crippen MR) is 102 cm³/mol. The van der Waals surface area contributed by atoms with E-state index in [9.17, 15) is 4.79 Å². The lowest BCUT2D eigenvalue weighted by molar-refractivity contribution is 0.100. The number of hydrogen-bond acceptors (Lipinski definition) is 3. The van der Waals surface area contributed by atoms with E-state index in [0.717, 1.165) is 24.2 Å². The minimum Gasteiger partial charge on any atom is -0.366 e. The highest BCUT2D eigenvalue weighted by molar-refractivity contribution is 6.04. The third-order valence-electron chi connectivity index (χ3n) is 4.68. The van der Waals surface area contributed by atoms with Gasteiger partial charge in [0.1, 0.15) is 5.52 Å². The van der Waals surface area contributed by atoms with Crippen molar-refractivity contribution in [2.45, 2.75) is 19.8 Å². The first-order valence-electron chi connectivity index (χ1n) is 8.60. The number of benzene rings is 1. The summed E-state index contributed by atoms with van der Waals surface area (Å²) in [6.07, 6.45) is 10.4. The van der Waals surface area contributed by atoms with Gasteiger partial charge >= 0.3 is 0 Å². The van der Waals surface area contributed by atoms with E-state index in [0.29, 0.717) is 17.0 Å². The lowest BCUT2D eigenvalue weighted by atomic mass is 9.91. The Morgan fingerprint density at radius 1 is 1.44 bits per heavy atom. The first-order valence-corrected chi connectivity index (χ1v) is 8.60. The van der Waals surface area contributed by atoms with Crippen LogP contribution >= 0.6 is 0 Å². The number of hydrogen-bond donors (Lipinski definition) is 2. The van der Waals surface area contributed by atoms with Crippen LogP contribution in [-0.2, 0) is 0 Å². The minimum atomic E-state index is -0.462. The Labute approximate surface area is 147 Å². The first kappa shape index (κ1) is 17.2. The smallest absolute Gasteiger partial charge is 0.250 e. The number of rotatable bonds is 5. The third-order valence-corrected chi connectivity index (χ3v) is 4.68. The summed E-state index contributed by atoms with van der Waals surface area (Å²) in [6, 6.07) is 5.45. The summed E-state index contributed by atoms with van der Waals surface area (Å²) in [4.78, 5) is 11.6. The zero-order chi connectivity index (χ0) is 17.8. The highest BCUT2D eigenvalue weighted by atomic mass is 16.1. The third kappa shape index (κ3) is 3.72. The van der Waals surface area contributed by atoms with Crippen LogP contribution in [0.5, 0.6) is 0 Å². The van der Waals surface area contributed by atoms with Gasteiger partial charge in [0.25, 0.3) is 5.91 Å². The fourth-order valence-electron chi connectivity index (χ4n) is 3.23. The fourth-order valence-corrected chi connectivity index (χ4v) is 3.23. The number of fused-ring (bicyclic) bond motifs is 1. The second-order valence-corrected chi connectivity index (χ2v) is 6.40. The van der Waals surface area contributed by atoms with Gasteiger partial charge in [-0.2, -0.15) is 5.10 Å². The molecule has 0 bridgehead atoms. The predicted octanol–water partition coefficient (Wildman–Crippen LogP) is 3.11. The maximum atomic E-state index is 11.6. The number of allylic oxidation sites excluding steroid dienone is 4. The highest BCUT2D eigenvalue weighted by Gasteiger charge is 2.15. The van der Waals surface area contributed by atoms with E-state index >= 15 is 0 Å². The van der Waals surface area contributed by atoms with Crippen LogP contribution in [0.4, 0.5) is 0 Å². The number of aromatic nitrogens is 2. The molecule has 0 aliphatic carbocycles. The van der Waals surface area contributed by atoms with Crippen molar-refractivity contribution in [1.82, 2.24) is 15.1 Å². The van der Waals surface area contributed by atoms with Crippen LogP contribution < -0.4 is 11.1 Å². The number of nitrogens with one attached hydrogen (secondary N) is 1. The Bertz CT molecular complexity index is 854. The van der Waals surface area contributed by atoms with Gasteiger partial charge in [0.2, 0.25) is 0 Å². The number of amides is 1. The summed E-state index contributed by atoms with van der Waals surface area (Å²) in [5.74, 6) is 0.0459. The Morgan fingerprint density at radius 2 is 2.28 bits per heavy atom. The topological polar surface area (TPSA) is 72.9 Å². The van der Waals surface area contributed by atoms with E-state index in [-0.39, 0.29) is 0 Å². The van der Waals surface area contributed by atoms with Gasteiger partial charge in [-0.25, -0.2) is 4.68 Å². The van der Waals surface area contributed by atoms with Crippen molar-refractivity contribution in [1.29, 1.82) is 0 Å². The lowest BCUT2D eigenvalue weighted by Gasteiger charge is -2.23. The van der Waals surface area contributed by atoms with Gasteiger partial charge in [-0.1, -0.05) is 30.9 Å². The van der Waals surface area contributed by atoms with Gasteiger partial charge in [-0.3, -0.25) is 4.79 Å². The fraction of sp³-hybridized carbons (Fsp3) is 0.300. The van der Waals surface area contributed by atoms with E-state index in [2.05, 4.69) is 23.1 Å². The number of nitrogens with zero attached hydrogens (tertiary/aromatic N) is 2. The molecule has 1 aromatic heterocycles. The van der Waals surface area contributed by atoms with E-state index in [1.807, 2.05) is 37.4 Å². The Balaban J connectivity index is 1.90. The van der Waals surface area contributed by atoms with E-state index < -0.39 is 5.91 Å². The van der Waals surface area contributed by atoms with Gasteiger partial charge in [0, 0.05) is 23.8 Å². The molecule has 1 fully saturated rings. The summed E-state index contributed by atoms with van der Waals surface area (Å²) in [6.45, 7) is 8.04. The molecule has 25 heavy (non-hydrogen) atoms. The van der Waals surface area contributed by atoms with Crippen LogP contribution in [-0.4, -0.2) is 28.8 Å². The molecule has 0 radical (unpaired) electrons. The number of carbonyl (C=O) groups excluding carboxylic acids is 1. The second kappa shape index (κ2) is 7.49. The molecule has 1 saturated heterocycles. The van der Waals surface area contributed by atoms with Crippen molar-refractivity contribution in [2.24, 2.45) is 11.7 Å². The Morgan fingerprint density at radius 3 is 2.96 bits per heavy atom. The Kier molecular flexibility index (Phi) is 5.14. The summed E-state index contributed by atoms with van der Waals surface area (Å²) < 4.78 is 1.79. The van der Waals surface area contributed by atoms with E-state index in [1.165, 1.54) is 18.4 Å². The number of piperidine rings is 1. The van der Waals surface area contributed by atoms with Gasteiger partial charge in [-0.05, 0) is 49.9 Å². The normalized spacial score (nSPS) is 19.2. The van der Waals surface area contributed by atoms with Crippen LogP contribution in [0.3, 0.4) is 0 Å². The van der Waals surface area contributed by atoms with Crippen LogP contribution in [0.2, 0.25) is 0 Å². The number of primary amides is 1. The van der Waals surface area contributed by atoms with Gasteiger partial charge < -0.3 is 11.1 Å². The van der Waals surface area contributed by atoms with Crippen molar-refractivity contribution < 1.29 is 4.79 Å². The lowest BCUT2D eigenvalue weighted by Crippen LogP contribution is -2.30. The largest absolute Gasteiger partial charge is 0.366 e. The summed E-state index contributed by atoms with van der Waals surface area (Å²) in [5, 5.41) is 8.86. The molecule has 0 saturated carbocycles. The quantitative estimate of drug-likeness (QED) is 0.824. The van der Waals surface area contributed by atoms with Gasteiger partial charge in [0.15, 0.2) is 0 Å². The summed E-state index contributed by atoms with van der Waals surface area (Å²) in [7, 11) is 0. The molecular weight excluding hydrogens is 312 g/mol. The molecular formula is C20H24N4O. The Hall–Kier alpha value is -2.66. The van der Waals surface area contributed by atoms with Crippen LogP contribution in [0, 0.1) is 5.92 Å². The summed E-state index contributed by atoms with van der Waals surface area (Å²) in [5.41, 5.74) is 8.72. The van der Waals surface area contributed by atoms with Gasteiger partial charge in [-0.15, -0.1) is 0 Å². The van der Waals surface area contributed by atoms with E-state index in [4.69, 9.17) is 5.73 Å². The minimum absolute atomic E-state index is 0.444. The van der Waals surface area contributed by atoms with Crippen molar-refractivity contribution >= 4 is 22.5 Å². The maximum Gasteiger partial charge on any atom is 0.250 e. The maximum absolute atomic E-state index is 11.6. The summed E-state index contributed by atoms with van der Waals surface area (Å²) >= 11 is 0. The number of carbonyl (C=O) groups is 1. The molecule has 2 heterocycles. The monoisotopic (exact) mass is 336 g/mol. The van der Waals surface area contributed by atoms with Crippen molar-refractivity contribution in [3.8, 4) is 0 Å². The van der Waals surface area contributed by atoms with Crippen molar-refractivity contribution in [2.75, 3.05) is 13.1 Å². The SMILES string of the molecule is C=C/C(=C\C=C(/C)n1cc2cccc(C(N)=O)c2n1)C1CCCNC1. The average Bonchev–Trinajstić information content (AvgIpc) is 3.07. The van der Waals surface area contributed by atoms with Crippen LogP contribution in [0.15, 0.2) is 54.8 Å². The van der Waals surface area contributed by atoms with Crippen molar-refractivity contribution in [3.63, 3.8) is 0 Å². The molecule has 5 heteroatoms. The van der Waals surface area contributed by atoms with Gasteiger partial charge in [0.05, 0.1) is 5.56 Å². The molecule has 1 amide bonds. The highest BCUT2D eigenvalue weighted by Crippen LogP contribution is 2.22. The second-order valence-electron chi connectivity index (χ2n) is 6.40. The first-order chi connectivity index (χ1) is 12.1.